The molecule has 0 bridgehead atoms. The van der Waals surface area contributed by atoms with Crippen LogP contribution in [0.5, 0.6) is 0 Å². The Labute approximate surface area is 158 Å². The third-order valence-electron chi connectivity index (χ3n) is 2.97. The lowest BCUT2D eigenvalue weighted by Crippen LogP contribution is -2.16. The Morgan fingerprint density at radius 2 is 1.79 bits per heavy atom. The van der Waals surface area contributed by atoms with E-state index in [1.807, 2.05) is 6.07 Å². The Kier molecular flexibility index (Phi) is 6.80. The molecule has 0 spiro atoms. The van der Waals surface area contributed by atoms with Crippen LogP contribution in [0, 0.1) is 0 Å². The lowest BCUT2D eigenvalue weighted by atomic mass is 10.2. The summed E-state index contributed by atoms with van der Waals surface area (Å²) in [5.41, 5.74) is 1.11. The molecular weight excluding hydrogens is 393 g/mol. The van der Waals surface area contributed by atoms with Crippen LogP contribution in [0.2, 0.25) is 15.1 Å². The number of anilines is 1. The summed E-state index contributed by atoms with van der Waals surface area (Å²) in [6.45, 7) is 0. The lowest BCUT2D eigenvalue weighted by molar-refractivity contribution is -0.113. The maximum absolute atomic E-state index is 12.0. The second-order valence-electron chi connectivity index (χ2n) is 4.78. The monoisotopic (exact) mass is 403 g/mol. The molecule has 0 aliphatic heterocycles. The van der Waals surface area contributed by atoms with Crippen LogP contribution in [0.1, 0.15) is 15.9 Å². The number of carboxylic acid groups (broad SMARTS) is 1. The van der Waals surface area contributed by atoms with Crippen molar-refractivity contribution in [2.24, 2.45) is 0 Å². The first-order chi connectivity index (χ1) is 11.4. The van der Waals surface area contributed by atoms with E-state index in [2.05, 4.69) is 5.32 Å². The zero-order valence-electron chi connectivity index (χ0n) is 12.2. The number of carboxylic acids is 1. The van der Waals surface area contributed by atoms with E-state index < -0.39 is 5.97 Å². The van der Waals surface area contributed by atoms with Crippen LogP contribution in [0.15, 0.2) is 36.4 Å². The molecule has 2 N–H and O–H groups in total. The van der Waals surface area contributed by atoms with E-state index in [0.29, 0.717) is 20.8 Å². The molecule has 4 nitrogen and oxygen atoms in total. The van der Waals surface area contributed by atoms with E-state index >= 15 is 0 Å². The van der Waals surface area contributed by atoms with Gasteiger partial charge in [0, 0.05) is 10.8 Å². The maximum Gasteiger partial charge on any atom is 0.337 e. The molecule has 0 aliphatic rings. The fourth-order valence-electron chi connectivity index (χ4n) is 1.88. The van der Waals surface area contributed by atoms with E-state index in [-0.39, 0.29) is 22.9 Å². The van der Waals surface area contributed by atoms with Crippen molar-refractivity contribution < 1.29 is 14.7 Å². The van der Waals surface area contributed by atoms with E-state index in [4.69, 9.17) is 39.9 Å². The Morgan fingerprint density at radius 1 is 1.04 bits per heavy atom. The number of carbonyl (C=O) groups is 2. The van der Waals surface area contributed by atoms with Crippen molar-refractivity contribution in [3.8, 4) is 0 Å². The average molecular weight is 405 g/mol. The van der Waals surface area contributed by atoms with E-state index in [1.165, 1.54) is 30.0 Å². The number of thioether (sulfide) groups is 1. The van der Waals surface area contributed by atoms with Crippen LogP contribution in [0.25, 0.3) is 0 Å². The summed E-state index contributed by atoms with van der Waals surface area (Å²) in [6.07, 6.45) is 0. The third kappa shape index (κ3) is 5.31. The van der Waals surface area contributed by atoms with Gasteiger partial charge in [0.15, 0.2) is 0 Å². The number of carbonyl (C=O) groups excluding carboxylic acids is 1. The first-order valence-corrected chi connectivity index (χ1v) is 9.00. The van der Waals surface area contributed by atoms with Gasteiger partial charge in [-0.2, -0.15) is 0 Å². The quantitative estimate of drug-likeness (QED) is 0.693. The molecule has 126 valence electrons. The summed E-state index contributed by atoms with van der Waals surface area (Å²) in [6, 6.07) is 9.56. The Balaban J connectivity index is 1.92. The van der Waals surface area contributed by atoms with Gasteiger partial charge in [-0.3, -0.25) is 4.79 Å². The largest absolute Gasteiger partial charge is 0.478 e. The molecule has 0 saturated heterocycles. The van der Waals surface area contributed by atoms with Gasteiger partial charge >= 0.3 is 5.97 Å². The average Bonchev–Trinajstić information content (AvgIpc) is 2.52. The minimum absolute atomic E-state index is 0.0506. The number of aromatic carboxylic acids is 1. The highest BCUT2D eigenvalue weighted by Gasteiger charge is 2.13. The van der Waals surface area contributed by atoms with Crippen molar-refractivity contribution in [1.82, 2.24) is 0 Å². The van der Waals surface area contributed by atoms with E-state index in [1.54, 1.807) is 12.1 Å². The van der Waals surface area contributed by atoms with Crippen LogP contribution in [-0.4, -0.2) is 22.7 Å². The van der Waals surface area contributed by atoms with Crippen LogP contribution < -0.4 is 5.32 Å². The molecule has 0 aliphatic carbocycles. The Hall–Kier alpha value is -1.40. The van der Waals surface area contributed by atoms with Gasteiger partial charge in [0.2, 0.25) is 5.91 Å². The van der Waals surface area contributed by atoms with Crippen LogP contribution in [0.3, 0.4) is 0 Å². The highest BCUT2D eigenvalue weighted by Crippen LogP contribution is 2.25. The molecular formula is C16H12Cl3NO3S. The standard InChI is InChI=1S/C16H12Cl3NO3S/c17-10-2-4-14(11(6-10)16(22)23)20-15(21)8-24-7-9-1-3-12(18)13(19)5-9/h1-6H,7-8H2,(H,20,21)(H,22,23). The first kappa shape index (κ1) is 18.9. The number of benzene rings is 2. The minimum Gasteiger partial charge on any atom is -0.478 e. The van der Waals surface area contributed by atoms with E-state index in [0.717, 1.165) is 5.56 Å². The Morgan fingerprint density at radius 3 is 2.46 bits per heavy atom. The van der Waals surface area contributed by atoms with E-state index in [9.17, 15) is 9.59 Å². The molecule has 0 heterocycles. The van der Waals surface area contributed by atoms with Crippen molar-refractivity contribution in [3.63, 3.8) is 0 Å². The van der Waals surface area contributed by atoms with Gasteiger partial charge in [-0.05, 0) is 35.9 Å². The number of hydrogen-bond donors (Lipinski definition) is 2. The van der Waals surface area contributed by atoms with Crippen LogP contribution in [0.4, 0.5) is 5.69 Å². The summed E-state index contributed by atoms with van der Waals surface area (Å²) >= 11 is 18.9. The predicted octanol–water partition coefficient (Wildman–Crippen LogP) is 5.22. The van der Waals surface area contributed by atoms with Gasteiger partial charge in [-0.15, -0.1) is 11.8 Å². The van der Waals surface area contributed by atoms with Crippen LogP contribution >= 0.6 is 46.6 Å². The van der Waals surface area contributed by atoms with Gasteiger partial charge in [-0.1, -0.05) is 40.9 Å². The molecule has 2 rings (SSSR count). The summed E-state index contributed by atoms with van der Waals surface area (Å²) in [7, 11) is 0. The summed E-state index contributed by atoms with van der Waals surface area (Å²) < 4.78 is 0. The second-order valence-corrected chi connectivity index (χ2v) is 7.02. The molecule has 2 aromatic rings. The number of halogens is 3. The second kappa shape index (κ2) is 8.62. The first-order valence-electron chi connectivity index (χ1n) is 6.71. The van der Waals surface area contributed by atoms with Gasteiger partial charge in [-0.25, -0.2) is 4.79 Å². The summed E-state index contributed by atoms with van der Waals surface area (Å²) in [5.74, 6) is -0.709. The van der Waals surface area contributed by atoms with Crippen molar-refractivity contribution >= 4 is 64.1 Å². The van der Waals surface area contributed by atoms with Gasteiger partial charge in [0.1, 0.15) is 0 Å². The lowest BCUT2D eigenvalue weighted by Gasteiger charge is -2.09. The number of amides is 1. The topological polar surface area (TPSA) is 66.4 Å². The highest BCUT2D eigenvalue weighted by atomic mass is 35.5. The SMILES string of the molecule is O=C(CSCc1ccc(Cl)c(Cl)c1)Nc1ccc(Cl)cc1C(=O)O. The van der Waals surface area contributed by atoms with Gasteiger partial charge < -0.3 is 10.4 Å². The zero-order valence-corrected chi connectivity index (χ0v) is 15.3. The smallest absolute Gasteiger partial charge is 0.337 e. The van der Waals surface area contributed by atoms with Crippen molar-refractivity contribution in [1.29, 1.82) is 0 Å². The van der Waals surface area contributed by atoms with Crippen molar-refractivity contribution in [2.75, 3.05) is 11.1 Å². The molecule has 1 amide bonds. The molecule has 0 unspecified atom stereocenters. The molecule has 0 fully saturated rings. The van der Waals surface area contributed by atoms with Crippen molar-refractivity contribution in [3.05, 3.63) is 62.6 Å². The summed E-state index contributed by atoms with van der Waals surface area (Å²) in [5, 5.41) is 13.0. The molecule has 24 heavy (non-hydrogen) atoms. The number of nitrogens with one attached hydrogen (secondary N) is 1. The third-order valence-corrected chi connectivity index (χ3v) is 4.95. The highest BCUT2D eigenvalue weighted by molar-refractivity contribution is 7.99. The molecule has 2 aromatic carbocycles. The normalized spacial score (nSPS) is 10.5. The molecule has 0 atom stereocenters. The minimum atomic E-state index is -1.16. The zero-order chi connectivity index (χ0) is 17.7. The van der Waals surface area contributed by atoms with Gasteiger partial charge in [0.05, 0.1) is 27.0 Å². The molecule has 8 heteroatoms. The fourth-order valence-corrected chi connectivity index (χ4v) is 3.15. The molecule has 0 aromatic heterocycles. The Bertz CT molecular complexity index is 783. The molecule has 0 radical (unpaired) electrons. The fraction of sp³-hybridized carbons (Fsp3) is 0.125. The van der Waals surface area contributed by atoms with Crippen LogP contribution in [-0.2, 0) is 10.5 Å². The molecule has 0 saturated carbocycles. The number of rotatable bonds is 6. The predicted molar refractivity (Wildman–Crippen MR) is 99.7 cm³/mol. The maximum atomic E-state index is 12.0. The number of hydrogen-bond acceptors (Lipinski definition) is 3. The van der Waals surface area contributed by atoms with Crippen molar-refractivity contribution in [2.45, 2.75) is 5.75 Å². The summed E-state index contributed by atoms with van der Waals surface area (Å²) in [4.78, 5) is 23.2. The van der Waals surface area contributed by atoms with Gasteiger partial charge in [0.25, 0.3) is 0 Å².